The maximum atomic E-state index is 2.52. The number of hydrogen-bond acceptors (Lipinski definition) is 0. The summed E-state index contributed by atoms with van der Waals surface area (Å²) in [5.74, 6) is 12.7. The molecule has 7 aliphatic rings. The van der Waals surface area contributed by atoms with E-state index in [-0.39, 0.29) is 1.43 Å². The van der Waals surface area contributed by atoms with Gasteiger partial charge in [0.1, 0.15) is 0 Å². The Labute approximate surface area is 218 Å². The molecule has 7 fully saturated rings. The molecule has 0 aromatic carbocycles. The molecule has 0 heterocycles. The highest BCUT2D eigenvalue weighted by Crippen LogP contribution is 2.68. The van der Waals surface area contributed by atoms with Crippen molar-refractivity contribution in [2.45, 2.75) is 152 Å². The van der Waals surface area contributed by atoms with Gasteiger partial charge in [-0.25, -0.2) is 0 Å². The molecule has 0 heteroatoms. The molecule has 0 amide bonds. The van der Waals surface area contributed by atoms with Gasteiger partial charge >= 0.3 is 0 Å². The van der Waals surface area contributed by atoms with Crippen LogP contribution in [0, 0.1) is 65.1 Å². The summed E-state index contributed by atoms with van der Waals surface area (Å²) in [5, 5.41) is 0. The summed E-state index contributed by atoms with van der Waals surface area (Å²) in [6, 6.07) is 0. The molecular formula is C34H68. The van der Waals surface area contributed by atoms with E-state index in [9.17, 15) is 0 Å². The van der Waals surface area contributed by atoms with Gasteiger partial charge in [0.25, 0.3) is 0 Å². The standard InChI is InChI=1S/C13H20.C8H14.C7H14.3C2H6.H2/c1-7-4-10-6-11(7)13-9-3-2-8(5-9)12(10)13;1-6-4-7-2-3-8(6)5-7;1-7-5-3-2-4-6-7;3*1-2;/h7-13H,2-6H2,1H3;6-8H,2-5H2,1H3;7H,2-6H2,1H3;3*1-2H3;1H. The van der Waals surface area contributed by atoms with Gasteiger partial charge in [0.15, 0.2) is 0 Å². The van der Waals surface area contributed by atoms with Gasteiger partial charge in [0.2, 0.25) is 0 Å². The second-order valence-corrected chi connectivity index (χ2v) is 12.8. The monoisotopic (exact) mass is 477 g/mol. The summed E-state index contributed by atoms with van der Waals surface area (Å²) in [7, 11) is 0. The summed E-state index contributed by atoms with van der Waals surface area (Å²) in [6.45, 7) is 19.3. The van der Waals surface area contributed by atoms with Crippen molar-refractivity contribution in [3.05, 3.63) is 0 Å². The van der Waals surface area contributed by atoms with E-state index in [1.165, 1.54) is 67.6 Å². The van der Waals surface area contributed by atoms with Crippen molar-refractivity contribution >= 4 is 0 Å². The highest BCUT2D eigenvalue weighted by Gasteiger charge is 2.61. The molecule has 10 atom stereocenters. The molecule has 0 aromatic heterocycles. The zero-order valence-electron chi connectivity index (χ0n) is 25.3. The van der Waals surface area contributed by atoms with Crippen molar-refractivity contribution in [2.75, 3.05) is 0 Å². The Morgan fingerprint density at radius 1 is 0.441 bits per heavy atom. The van der Waals surface area contributed by atoms with Crippen LogP contribution in [0.25, 0.3) is 0 Å². The van der Waals surface area contributed by atoms with Gasteiger partial charge in [-0.05, 0) is 116 Å². The third kappa shape index (κ3) is 7.06. The Morgan fingerprint density at radius 2 is 1.03 bits per heavy atom. The van der Waals surface area contributed by atoms with Crippen molar-refractivity contribution < 1.29 is 1.43 Å². The summed E-state index contributed by atoms with van der Waals surface area (Å²) >= 11 is 0. The van der Waals surface area contributed by atoms with Gasteiger partial charge in [-0.3, -0.25) is 0 Å². The fourth-order valence-corrected chi connectivity index (χ4v) is 9.77. The number of hydrogen-bond donors (Lipinski definition) is 0. The van der Waals surface area contributed by atoms with E-state index in [4.69, 9.17) is 0 Å². The van der Waals surface area contributed by atoms with Crippen molar-refractivity contribution in [2.24, 2.45) is 65.1 Å². The lowest BCUT2D eigenvalue weighted by molar-refractivity contribution is 0.112. The third-order valence-electron chi connectivity index (χ3n) is 11.1. The molecule has 34 heavy (non-hydrogen) atoms. The molecule has 0 saturated heterocycles. The minimum absolute atomic E-state index is 0. The highest BCUT2D eigenvalue weighted by atomic mass is 14.7. The average Bonchev–Trinajstić information content (AvgIpc) is 3.72. The molecular weight excluding hydrogens is 408 g/mol. The van der Waals surface area contributed by atoms with E-state index in [2.05, 4.69) is 20.8 Å². The highest BCUT2D eigenvalue weighted by molar-refractivity contribution is 5.10. The molecule has 0 nitrogen and oxygen atoms in total. The van der Waals surface area contributed by atoms with Crippen LogP contribution in [0.15, 0.2) is 0 Å². The lowest BCUT2D eigenvalue weighted by Crippen LogP contribution is -2.31. The molecule has 0 aliphatic heterocycles. The van der Waals surface area contributed by atoms with E-state index >= 15 is 0 Å². The smallest absolute Gasteiger partial charge is 0 e. The first-order valence-electron chi connectivity index (χ1n) is 16.6. The summed E-state index contributed by atoms with van der Waals surface area (Å²) in [4.78, 5) is 0. The van der Waals surface area contributed by atoms with Crippen LogP contribution in [0.5, 0.6) is 0 Å². The number of rotatable bonds is 0. The second-order valence-electron chi connectivity index (χ2n) is 12.8. The van der Waals surface area contributed by atoms with Gasteiger partial charge in [-0.2, -0.15) is 0 Å². The fourth-order valence-electron chi connectivity index (χ4n) is 9.77. The molecule has 0 spiro atoms. The van der Waals surface area contributed by atoms with Crippen molar-refractivity contribution in [1.82, 2.24) is 0 Å². The molecule has 6 bridgehead atoms. The molecule has 7 aliphatic carbocycles. The van der Waals surface area contributed by atoms with Crippen LogP contribution < -0.4 is 0 Å². The minimum Gasteiger partial charge on any atom is -0.0683 e. The lowest BCUT2D eigenvalue weighted by Gasteiger charge is -2.37. The quantitative estimate of drug-likeness (QED) is 0.305. The summed E-state index contributed by atoms with van der Waals surface area (Å²) < 4.78 is 0. The van der Waals surface area contributed by atoms with Crippen LogP contribution in [0.4, 0.5) is 0 Å². The molecule has 7 rings (SSSR count). The van der Waals surface area contributed by atoms with E-state index in [1.807, 2.05) is 41.5 Å². The molecule has 10 unspecified atom stereocenters. The minimum atomic E-state index is 0. The second kappa shape index (κ2) is 15.3. The Kier molecular flexibility index (Phi) is 13.6. The molecule has 0 N–H and O–H groups in total. The largest absolute Gasteiger partial charge is 0.0683 e. The molecule has 204 valence electrons. The molecule has 7 saturated carbocycles. The maximum absolute atomic E-state index is 2.52. The number of fused-ring (bicyclic) bond motifs is 11. The van der Waals surface area contributed by atoms with Gasteiger partial charge in [-0.15, -0.1) is 0 Å². The Bertz CT molecular complexity index is 521. The van der Waals surface area contributed by atoms with Gasteiger partial charge in [0.05, 0.1) is 0 Å². The van der Waals surface area contributed by atoms with Crippen LogP contribution in [0.3, 0.4) is 0 Å². The SMILES string of the molecule is CC.CC.CC.CC1CC2CC1C1C3CCC(C3)C21.CC1CC2CCC1C2.CC1CCCCC1.[HH]. The first kappa shape index (κ1) is 30.2. The molecule has 0 aromatic rings. The predicted molar refractivity (Wildman–Crippen MR) is 156 cm³/mol. The van der Waals surface area contributed by atoms with Crippen molar-refractivity contribution in [3.8, 4) is 0 Å². The predicted octanol–water partition coefficient (Wildman–Crippen LogP) is 11.7. The first-order chi connectivity index (χ1) is 16.6. The zero-order chi connectivity index (χ0) is 25.3. The van der Waals surface area contributed by atoms with Crippen LogP contribution in [0.1, 0.15) is 154 Å². The average molecular weight is 477 g/mol. The zero-order valence-corrected chi connectivity index (χ0v) is 25.3. The van der Waals surface area contributed by atoms with Crippen molar-refractivity contribution in [3.63, 3.8) is 0 Å². The van der Waals surface area contributed by atoms with E-state index in [1.54, 1.807) is 57.8 Å². The van der Waals surface area contributed by atoms with Crippen LogP contribution >= 0.6 is 0 Å². The maximum Gasteiger partial charge on any atom is 0 e. The van der Waals surface area contributed by atoms with Crippen LogP contribution in [-0.4, -0.2) is 0 Å². The van der Waals surface area contributed by atoms with Gasteiger partial charge < -0.3 is 0 Å². The van der Waals surface area contributed by atoms with Gasteiger partial charge in [0, 0.05) is 1.43 Å². The van der Waals surface area contributed by atoms with Crippen molar-refractivity contribution in [1.29, 1.82) is 0 Å². The lowest BCUT2D eigenvalue weighted by atomic mass is 9.68. The third-order valence-corrected chi connectivity index (χ3v) is 11.1. The fraction of sp³-hybridized carbons (Fsp3) is 1.00. The Balaban J connectivity index is 0.000000245. The summed E-state index contributed by atoms with van der Waals surface area (Å²) in [5.41, 5.74) is 0. The molecule has 0 radical (unpaired) electrons. The normalized spacial score (nSPS) is 44.0. The Morgan fingerprint density at radius 3 is 1.47 bits per heavy atom. The Hall–Kier alpha value is 0. The van der Waals surface area contributed by atoms with E-state index in [0.29, 0.717) is 0 Å². The van der Waals surface area contributed by atoms with Crippen LogP contribution in [0.2, 0.25) is 0 Å². The van der Waals surface area contributed by atoms with Gasteiger partial charge in [-0.1, -0.05) is 101 Å². The topological polar surface area (TPSA) is 0 Å². The first-order valence-corrected chi connectivity index (χ1v) is 16.6. The van der Waals surface area contributed by atoms with Crippen LogP contribution in [-0.2, 0) is 0 Å². The van der Waals surface area contributed by atoms with E-state index < -0.39 is 0 Å². The summed E-state index contributed by atoms with van der Waals surface area (Å²) in [6.07, 6.45) is 21.7. The van der Waals surface area contributed by atoms with E-state index in [0.717, 1.165) is 29.6 Å².